The molecule has 9 heteroatoms. The minimum Gasteiger partial charge on any atom is -0.357 e. The Morgan fingerprint density at radius 2 is 1.88 bits per heavy atom. The van der Waals surface area contributed by atoms with Gasteiger partial charge in [-0.1, -0.05) is 0 Å². The highest BCUT2D eigenvalue weighted by atomic mass is 32.2. The summed E-state index contributed by atoms with van der Waals surface area (Å²) >= 11 is 0. The predicted molar refractivity (Wildman–Crippen MR) is 87.7 cm³/mol. The monoisotopic (exact) mass is 358 g/mol. The summed E-state index contributed by atoms with van der Waals surface area (Å²) in [5.74, 6) is 0.778. The number of hydrogen-bond donors (Lipinski definition) is 0. The first-order valence-corrected chi connectivity index (χ1v) is 9.20. The van der Waals surface area contributed by atoms with Crippen molar-refractivity contribution in [1.82, 2.24) is 14.8 Å². The minimum atomic E-state index is -3.38. The van der Waals surface area contributed by atoms with E-state index in [9.17, 15) is 17.2 Å². The minimum absolute atomic E-state index is 0.0555. The Hall–Kier alpha value is -2.03. The molecule has 0 aromatic carbocycles. The largest absolute Gasteiger partial charge is 0.357 e. The topological polar surface area (TPSA) is 68.1 Å². The van der Waals surface area contributed by atoms with Crippen molar-refractivity contribution in [1.29, 1.82) is 0 Å². The average molecular weight is 358 g/mol. The van der Waals surface area contributed by atoms with Crippen molar-refractivity contribution in [3.8, 4) is 5.82 Å². The Morgan fingerprint density at radius 1 is 1.25 bits per heavy atom. The molecule has 2 heterocycles. The molecule has 2 rings (SSSR count). The van der Waals surface area contributed by atoms with Crippen LogP contribution in [0.2, 0.25) is 0 Å². The van der Waals surface area contributed by atoms with E-state index in [0.29, 0.717) is 11.4 Å². The maximum absolute atomic E-state index is 13.2. The second kappa shape index (κ2) is 6.46. The molecule has 0 aliphatic carbocycles. The van der Waals surface area contributed by atoms with Gasteiger partial charge >= 0.3 is 0 Å². The van der Waals surface area contributed by atoms with Gasteiger partial charge in [-0.05, 0) is 32.9 Å². The number of anilines is 1. The number of hydrogen-bond acceptors (Lipinski definition) is 5. The van der Waals surface area contributed by atoms with Gasteiger partial charge < -0.3 is 4.90 Å². The van der Waals surface area contributed by atoms with Crippen LogP contribution >= 0.6 is 0 Å². The van der Waals surface area contributed by atoms with Crippen molar-refractivity contribution in [2.24, 2.45) is 0 Å². The molecule has 0 aliphatic heterocycles. The van der Waals surface area contributed by atoms with Gasteiger partial charge in [0.05, 0.1) is 4.90 Å². The summed E-state index contributed by atoms with van der Waals surface area (Å²) in [7, 11) is -1.60. The van der Waals surface area contributed by atoms with E-state index in [1.807, 2.05) is 18.7 Å². The van der Waals surface area contributed by atoms with E-state index in [1.54, 1.807) is 14.0 Å². The summed E-state index contributed by atoms with van der Waals surface area (Å²) in [5, 5.41) is 3.99. The summed E-state index contributed by atoms with van der Waals surface area (Å²) in [4.78, 5) is 5.96. The van der Waals surface area contributed by atoms with Crippen molar-refractivity contribution in [3.05, 3.63) is 29.6 Å². The summed E-state index contributed by atoms with van der Waals surface area (Å²) < 4.78 is 50.8. The SMILES string of the molecule is Cc1c(C(F)F)nn(-c2ccc(S(C)(=O)=O)cn2)c1N(C)C(C)C. The van der Waals surface area contributed by atoms with Crippen LogP contribution in [0.25, 0.3) is 5.82 Å². The lowest BCUT2D eigenvalue weighted by molar-refractivity contribution is 0.144. The molecule has 6 nitrogen and oxygen atoms in total. The van der Waals surface area contributed by atoms with E-state index in [2.05, 4.69) is 10.1 Å². The van der Waals surface area contributed by atoms with E-state index >= 15 is 0 Å². The van der Waals surface area contributed by atoms with Gasteiger partial charge in [-0.25, -0.2) is 22.2 Å². The number of alkyl halides is 2. The van der Waals surface area contributed by atoms with Crippen LogP contribution in [-0.4, -0.2) is 42.5 Å². The molecule has 0 bridgehead atoms. The lowest BCUT2D eigenvalue weighted by atomic mass is 10.2. The first-order valence-electron chi connectivity index (χ1n) is 7.31. The molecule has 0 spiro atoms. The molecule has 2 aromatic rings. The highest BCUT2D eigenvalue weighted by Crippen LogP contribution is 2.31. The van der Waals surface area contributed by atoms with E-state index in [1.165, 1.54) is 23.0 Å². The maximum atomic E-state index is 13.2. The van der Waals surface area contributed by atoms with Gasteiger partial charge in [0, 0.05) is 31.1 Å². The molecule has 0 fully saturated rings. The Balaban J connectivity index is 2.62. The van der Waals surface area contributed by atoms with Crippen molar-refractivity contribution >= 4 is 15.7 Å². The Morgan fingerprint density at radius 3 is 2.29 bits per heavy atom. The fraction of sp³-hybridized carbons (Fsp3) is 0.467. The number of rotatable bonds is 5. The first-order chi connectivity index (χ1) is 11.0. The van der Waals surface area contributed by atoms with Crippen LogP contribution < -0.4 is 4.90 Å². The van der Waals surface area contributed by atoms with Gasteiger partial charge in [0.2, 0.25) is 0 Å². The molecule has 132 valence electrons. The van der Waals surface area contributed by atoms with Gasteiger partial charge in [-0.2, -0.15) is 9.78 Å². The number of halogens is 2. The molecular weight excluding hydrogens is 338 g/mol. The fourth-order valence-electron chi connectivity index (χ4n) is 2.25. The van der Waals surface area contributed by atoms with Crippen LogP contribution in [0.5, 0.6) is 0 Å². The summed E-state index contributed by atoms with van der Waals surface area (Å²) in [6.07, 6.45) is -0.432. The lowest BCUT2D eigenvalue weighted by Crippen LogP contribution is -2.28. The zero-order chi connectivity index (χ0) is 18.2. The molecule has 0 saturated heterocycles. The third-order valence-electron chi connectivity index (χ3n) is 3.81. The van der Waals surface area contributed by atoms with Crippen LogP contribution in [0, 0.1) is 6.92 Å². The molecule has 0 radical (unpaired) electrons. The molecular formula is C15H20F2N4O2S. The smallest absolute Gasteiger partial charge is 0.282 e. The molecule has 24 heavy (non-hydrogen) atoms. The number of nitrogens with zero attached hydrogens (tertiary/aromatic N) is 4. The first kappa shape index (κ1) is 18.3. The Kier molecular flexibility index (Phi) is 4.93. The second-order valence-corrected chi connectivity index (χ2v) is 7.89. The highest BCUT2D eigenvalue weighted by Gasteiger charge is 2.25. The molecule has 0 N–H and O–H groups in total. The van der Waals surface area contributed by atoms with Gasteiger partial charge in [0.15, 0.2) is 15.7 Å². The third kappa shape index (κ3) is 3.40. The highest BCUT2D eigenvalue weighted by molar-refractivity contribution is 7.90. The van der Waals surface area contributed by atoms with Crippen LogP contribution in [0.3, 0.4) is 0 Å². The Labute approximate surface area is 140 Å². The number of aromatic nitrogens is 3. The molecule has 0 unspecified atom stereocenters. The van der Waals surface area contributed by atoms with E-state index in [4.69, 9.17) is 0 Å². The van der Waals surface area contributed by atoms with Crippen LogP contribution in [0.15, 0.2) is 23.2 Å². The van der Waals surface area contributed by atoms with Gasteiger partial charge in [-0.3, -0.25) is 0 Å². The summed E-state index contributed by atoms with van der Waals surface area (Å²) in [6, 6.07) is 2.89. The molecule has 2 aromatic heterocycles. The third-order valence-corrected chi connectivity index (χ3v) is 4.91. The quantitative estimate of drug-likeness (QED) is 0.822. The van der Waals surface area contributed by atoms with Crippen molar-refractivity contribution < 1.29 is 17.2 Å². The van der Waals surface area contributed by atoms with E-state index in [-0.39, 0.29) is 22.4 Å². The van der Waals surface area contributed by atoms with E-state index < -0.39 is 16.3 Å². The molecule has 0 saturated carbocycles. The molecule has 0 aliphatic rings. The van der Waals surface area contributed by atoms with Crippen molar-refractivity contribution in [2.75, 3.05) is 18.2 Å². The maximum Gasteiger partial charge on any atom is 0.282 e. The van der Waals surface area contributed by atoms with Crippen LogP contribution in [0.1, 0.15) is 31.5 Å². The van der Waals surface area contributed by atoms with Crippen LogP contribution in [-0.2, 0) is 9.84 Å². The fourth-order valence-corrected chi connectivity index (χ4v) is 2.81. The Bertz CT molecular complexity index is 830. The van der Waals surface area contributed by atoms with Crippen LogP contribution in [0.4, 0.5) is 14.6 Å². The number of pyridine rings is 1. The number of sulfone groups is 1. The molecule has 0 amide bonds. The lowest BCUT2D eigenvalue weighted by Gasteiger charge is -2.25. The zero-order valence-corrected chi connectivity index (χ0v) is 15.0. The van der Waals surface area contributed by atoms with Gasteiger partial charge in [0.1, 0.15) is 11.5 Å². The zero-order valence-electron chi connectivity index (χ0n) is 14.2. The van der Waals surface area contributed by atoms with Gasteiger partial charge in [0.25, 0.3) is 6.43 Å². The second-order valence-electron chi connectivity index (χ2n) is 5.88. The summed E-state index contributed by atoms with van der Waals surface area (Å²) in [5.41, 5.74) is 0.0571. The predicted octanol–water partition coefficient (Wildman–Crippen LogP) is 2.76. The average Bonchev–Trinajstić information content (AvgIpc) is 2.83. The molecule has 0 atom stereocenters. The normalized spacial score (nSPS) is 12.2. The summed E-state index contributed by atoms with van der Waals surface area (Å²) in [6.45, 7) is 5.45. The van der Waals surface area contributed by atoms with Crippen molar-refractivity contribution in [2.45, 2.75) is 38.1 Å². The van der Waals surface area contributed by atoms with Gasteiger partial charge in [-0.15, -0.1) is 0 Å². The van der Waals surface area contributed by atoms with E-state index in [0.717, 1.165) is 6.26 Å². The van der Waals surface area contributed by atoms with Crippen molar-refractivity contribution in [3.63, 3.8) is 0 Å². The standard InChI is InChI=1S/C15H20F2N4O2S/c1-9(2)20(4)15-10(3)13(14(16)17)19-21(15)12-7-6-11(8-18-12)24(5,22)23/h6-9,14H,1-5H3.